The molecule has 1 aromatic carbocycles. The van der Waals surface area contributed by atoms with Gasteiger partial charge in [-0.3, -0.25) is 14.5 Å². The van der Waals surface area contributed by atoms with Crippen LogP contribution < -0.4 is 4.74 Å². The van der Waals surface area contributed by atoms with E-state index in [1.807, 2.05) is 0 Å². The number of carbonyl (C=O) groups is 2. The lowest BCUT2D eigenvalue weighted by Gasteiger charge is -2.19. The van der Waals surface area contributed by atoms with Crippen LogP contribution in [0.4, 0.5) is 0 Å². The maximum absolute atomic E-state index is 12.4. The molecule has 0 aliphatic carbocycles. The average Bonchev–Trinajstić information content (AvgIpc) is 2.62. The van der Waals surface area contributed by atoms with Crippen molar-refractivity contribution in [2.24, 2.45) is 0 Å². The Bertz CT molecular complexity index is 456. The molecule has 0 spiro atoms. The van der Waals surface area contributed by atoms with Crippen LogP contribution in [-0.2, 0) is 4.79 Å². The van der Waals surface area contributed by atoms with Crippen molar-refractivity contribution in [3.8, 4) is 5.75 Å². The summed E-state index contributed by atoms with van der Waals surface area (Å²) in [5.74, 6) is 0.183. The van der Waals surface area contributed by atoms with Crippen LogP contribution in [0.25, 0.3) is 0 Å². The summed E-state index contributed by atoms with van der Waals surface area (Å²) in [6.45, 7) is 0.510. The number of nitrogens with zero attached hydrogens (tertiary/aromatic N) is 1. The molecular weight excluding hydrogens is 230 g/mol. The molecule has 2 amide bonds. The van der Waals surface area contributed by atoms with Crippen LogP contribution in [0.3, 0.4) is 0 Å². The maximum atomic E-state index is 12.4. The molecule has 0 radical (unpaired) electrons. The van der Waals surface area contributed by atoms with Crippen LogP contribution in [0.2, 0.25) is 0 Å². The fourth-order valence-corrected chi connectivity index (χ4v) is 2.16. The van der Waals surface area contributed by atoms with Gasteiger partial charge in [-0.25, -0.2) is 0 Å². The SMILES string of the molecule is COc1ccccc1C(=O)N1CCCCCC1=O. The van der Waals surface area contributed by atoms with Gasteiger partial charge in [0.1, 0.15) is 5.75 Å². The van der Waals surface area contributed by atoms with E-state index in [1.165, 1.54) is 12.0 Å². The number of imide groups is 1. The van der Waals surface area contributed by atoms with Gasteiger partial charge in [-0.1, -0.05) is 18.6 Å². The first-order valence-electron chi connectivity index (χ1n) is 6.21. The highest BCUT2D eigenvalue weighted by atomic mass is 16.5. The normalized spacial score (nSPS) is 16.3. The second kappa shape index (κ2) is 5.67. The fraction of sp³-hybridized carbons (Fsp3) is 0.429. The Hall–Kier alpha value is -1.84. The molecule has 2 rings (SSSR count). The highest BCUT2D eigenvalue weighted by Gasteiger charge is 2.25. The minimum atomic E-state index is -0.251. The predicted molar refractivity (Wildman–Crippen MR) is 67.5 cm³/mol. The summed E-state index contributed by atoms with van der Waals surface area (Å²) in [6, 6.07) is 7.01. The lowest BCUT2D eigenvalue weighted by atomic mass is 10.1. The third kappa shape index (κ3) is 2.53. The van der Waals surface area contributed by atoms with Gasteiger partial charge in [-0.15, -0.1) is 0 Å². The van der Waals surface area contributed by atoms with Crippen molar-refractivity contribution in [3.05, 3.63) is 29.8 Å². The van der Waals surface area contributed by atoms with Crippen LogP contribution in [0.5, 0.6) is 5.75 Å². The Balaban J connectivity index is 2.26. The Morgan fingerprint density at radius 2 is 2.00 bits per heavy atom. The second-order valence-electron chi connectivity index (χ2n) is 4.36. The summed E-state index contributed by atoms with van der Waals surface area (Å²) in [5, 5.41) is 0. The molecule has 0 N–H and O–H groups in total. The van der Waals surface area contributed by atoms with Crippen LogP contribution in [0.1, 0.15) is 36.0 Å². The standard InChI is InChI=1S/C14H17NO3/c1-18-12-8-5-4-7-11(12)14(17)15-10-6-2-3-9-13(15)16/h4-5,7-8H,2-3,6,9-10H2,1H3. The molecule has 1 aromatic rings. The quantitative estimate of drug-likeness (QED) is 0.753. The van der Waals surface area contributed by atoms with Gasteiger partial charge in [0.2, 0.25) is 5.91 Å². The molecule has 0 aromatic heterocycles. The molecule has 0 saturated carbocycles. The number of methoxy groups -OCH3 is 1. The zero-order valence-electron chi connectivity index (χ0n) is 10.5. The van der Waals surface area contributed by atoms with Gasteiger partial charge < -0.3 is 4.74 Å². The van der Waals surface area contributed by atoms with E-state index in [-0.39, 0.29) is 11.8 Å². The number of hydrogen-bond donors (Lipinski definition) is 0. The van der Waals surface area contributed by atoms with Gasteiger partial charge in [0.05, 0.1) is 12.7 Å². The van der Waals surface area contributed by atoms with Gasteiger partial charge in [-0.05, 0) is 25.0 Å². The number of ether oxygens (including phenoxy) is 1. The van der Waals surface area contributed by atoms with E-state index in [9.17, 15) is 9.59 Å². The molecule has 18 heavy (non-hydrogen) atoms. The van der Waals surface area contributed by atoms with Gasteiger partial charge >= 0.3 is 0 Å². The smallest absolute Gasteiger partial charge is 0.264 e. The summed E-state index contributed by atoms with van der Waals surface area (Å²) < 4.78 is 5.16. The Kier molecular flexibility index (Phi) is 3.97. The van der Waals surface area contributed by atoms with Crippen molar-refractivity contribution >= 4 is 11.8 Å². The molecule has 0 atom stereocenters. The summed E-state index contributed by atoms with van der Waals surface area (Å²) in [7, 11) is 1.52. The minimum Gasteiger partial charge on any atom is -0.496 e. The molecule has 4 nitrogen and oxygen atoms in total. The van der Waals surface area contributed by atoms with Crippen molar-refractivity contribution in [2.45, 2.75) is 25.7 Å². The molecule has 1 heterocycles. The van der Waals surface area contributed by atoms with Crippen molar-refractivity contribution < 1.29 is 14.3 Å². The summed E-state index contributed by atoms with van der Waals surface area (Å²) in [4.78, 5) is 25.6. The molecule has 4 heteroatoms. The number of hydrogen-bond acceptors (Lipinski definition) is 3. The number of rotatable bonds is 2. The van der Waals surface area contributed by atoms with E-state index < -0.39 is 0 Å². The van der Waals surface area contributed by atoms with Gasteiger partial charge in [0.25, 0.3) is 5.91 Å². The van der Waals surface area contributed by atoms with Crippen LogP contribution in [0, 0.1) is 0 Å². The largest absolute Gasteiger partial charge is 0.496 e. The van der Waals surface area contributed by atoms with Crippen molar-refractivity contribution in [1.29, 1.82) is 0 Å². The van der Waals surface area contributed by atoms with Gasteiger partial charge in [-0.2, -0.15) is 0 Å². The molecule has 1 aliphatic heterocycles. The van der Waals surface area contributed by atoms with E-state index in [0.717, 1.165) is 19.3 Å². The topological polar surface area (TPSA) is 46.6 Å². The molecule has 0 bridgehead atoms. The molecule has 1 aliphatic rings. The summed E-state index contributed by atoms with van der Waals surface area (Å²) in [5.41, 5.74) is 0.454. The van der Waals surface area contributed by atoms with Gasteiger partial charge in [0, 0.05) is 13.0 Å². The fourth-order valence-electron chi connectivity index (χ4n) is 2.16. The van der Waals surface area contributed by atoms with Crippen LogP contribution >= 0.6 is 0 Å². The van der Waals surface area contributed by atoms with Crippen molar-refractivity contribution in [2.75, 3.05) is 13.7 Å². The van der Waals surface area contributed by atoms with E-state index in [0.29, 0.717) is 24.3 Å². The number of amides is 2. The Labute approximate surface area is 107 Å². The van der Waals surface area contributed by atoms with E-state index in [2.05, 4.69) is 0 Å². The summed E-state index contributed by atoms with van der Waals surface area (Å²) >= 11 is 0. The van der Waals surface area contributed by atoms with Gasteiger partial charge in [0.15, 0.2) is 0 Å². The van der Waals surface area contributed by atoms with Crippen molar-refractivity contribution in [3.63, 3.8) is 0 Å². The van der Waals surface area contributed by atoms with Crippen LogP contribution in [-0.4, -0.2) is 30.4 Å². The molecule has 1 fully saturated rings. The molecule has 1 saturated heterocycles. The number of carbonyl (C=O) groups excluding carboxylic acids is 2. The first-order valence-corrected chi connectivity index (χ1v) is 6.21. The van der Waals surface area contributed by atoms with E-state index >= 15 is 0 Å². The monoisotopic (exact) mass is 247 g/mol. The Morgan fingerprint density at radius 3 is 2.78 bits per heavy atom. The third-order valence-corrected chi connectivity index (χ3v) is 3.16. The first-order chi connectivity index (χ1) is 8.74. The number of benzene rings is 1. The molecule has 0 unspecified atom stereocenters. The molecular formula is C14H17NO3. The van der Waals surface area contributed by atoms with Crippen molar-refractivity contribution in [1.82, 2.24) is 4.90 Å². The van der Waals surface area contributed by atoms with Crippen LogP contribution in [0.15, 0.2) is 24.3 Å². The van der Waals surface area contributed by atoms with E-state index in [4.69, 9.17) is 4.74 Å². The lowest BCUT2D eigenvalue weighted by molar-refractivity contribution is -0.128. The summed E-state index contributed by atoms with van der Waals surface area (Å²) in [6.07, 6.45) is 3.21. The maximum Gasteiger partial charge on any atom is 0.264 e. The minimum absolute atomic E-state index is 0.0802. The molecule has 96 valence electrons. The van der Waals surface area contributed by atoms with E-state index in [1.54, 1.807) is 24.3 Å². The Morgan fingerprint density at radius 1 is 1.22 bits per heavy atom. The average molecular weight is 247 g/mol. The zero-order chi connectivity index (χ0) is 13.0. The number of likely N-dealkylation sites (tertiary alicyclic amines) is 1. The zero-order valence-corrected chi connectivity index (χ0v) is 10.5. The predicted octanol–water partition coefficient (Wildman–Crippen LogP) is 2.24. The highest BCUT2D eigenvalue weighted by Crippen LogP contribution is 2.21. The number of para-hydroxylation sites is 1. The lowest BCUT2D eigenvalue weighted by Crippen LogP contribution is -2.36. The second-order valence-corrected chi connectivity index (χ2v) is 4.36. The third-order valence-electron chi connectivity index (χ3n) is 3.16. The highest BCUT2D eigenvalue weighted by molar-refractivity contribution is 6.06. The first kappa shape index (κ1) is 12.6.